The van der Waals surface area contributed by atoms with Gasteiger partial charge in [-0.3, -0.25) is 0 Å². The highest BCUT2D eigenvalue weighted by atomic mass is 32.1. The van der Waals surface area contributed by atoms with Crippen molar-refractivity contribution in [2.75, 3.05) is 19.6 Å². The van der Waals surface area contributed by atoms with Crippen molar-refractivity contribution in [1.29, 1.82) is 0 Å². The lowest BCUT2D eigenvalue weighted by Crippen LogP contribution is -2.42. The fraction of sp³-hybridized carbons (Fsp3) is 0.750. The molecule has 1 aliphatic heterocycles. The molecule has 0 spiro atoms. The van der Waals surface area contributed by atoms with E-state index in [0.717, 1.165) is 13.0 Å². The number of halogens is 3. The van der Waals surface area contributed by atoms with Crippen molar-refractivity contribution in [2.45, 2.75) is 38.0 Å². The van der Waals surface area contributed by atoms with Crippen LogP contribution in [0.1, 0.15) is 36.1 Å². The molecule has 0 aliphatic carbocycles. The van der Waals surface area contributed by atoms with Crippen LogP contribution in [0, 0.1) is 0 Å². The third-order valence-corrected chi connectivity index (χ3v) is 4.67. The van der Waals surface area contributed by atoms with Gasteiger partial charge in [-0.15, -0.1) is 11.3 Å². The van der Waals surface area contributed by atoms with E-state index in [1.54, 1.807) is 0 Å². The second-order valence-corrected chi connectivity index (χ2v) is 5.93. The van der Waals surface area contributed by atoms with Crippen molar-refractivity contribution in [3.05, 3.63) is 16.1 Å². The van der Waals surface area contributed by atoms with Crippen LogP contribution >= 0.6 is 11.3 Å². The summed E-state index contributed by atoms with van der Waals surface area (Å²) < 4.78 is 37.5. The normalized spacial score (nSPS) is 20.7. The van der Waals surface area contributed by atoms with E-state index >= 15 is 0 Å². The van der Waals surface area contributed by atoms with Gasteiger partial charge in [0.05, 0.1) is 4.88 Å². The molecule has 2 rings (SSSR count). The van der Waals surface area contributed by atoms with Gasteiger partial charge in [0.25, 0.3) is 0 Å². The first-order valence-corrected chi connectivity index (χ1v) is 7.15. The van der Waals surface area contributed by atoms with Crippen molar-refractivity contribution in [2.24, 2.45) is 0 Å². The molecule has 108 valence electrons. The molecule has 3 nitrogen and oxygen atoms in total. The molecule has 1 aromatic heterocycles. The zero-order valence-corrected chi connectivity index (χ0v) is 11.5. The summed E-state index contributed by atoms with van der Waals surface area (Å²) in [7, 11) is 0. The van der Waals surface area contributed by atoms with Crippen molar-refractivity contribution in [3.63, 3.8) is 0 Å². The van der Waals surface area contributed by atoms with Crippen LogP contribution in [0.15, 0.2) is 6.20 Å². The molecule has 0 atom stereocenters. The lowest BCUT2D eigenvalue weighted by atomic mass is 9.90. The molecule has 0 radical (unpaired) electrons. The highest BCUT2D eigenvalue weighted by Gasteiger charge is 2.40. The minimum absolute atomic E-state index is 0.330. The molecule has 1 fully saturated rings. The molecule has 1 N–H and O–H groups in total. The van der Waals surface area contributed by atoms with Gasteiger partial charge in [-0.1, -0.05) is 6.92 Å². The van der Waals surface area contributed by atoms with Crippen LogP contribution < -0.4 is 0 Å². The second-order valence-electron chi connectivity index (χ2n) is 4.90. The fourth-order valence-corrected chi connectivity index (χ4v) is 3.26. The molecule has 7 heteroatoms. The molecule has 0 aromatic carbocycles. The number of hydrogen-bond donors (Lipinski definition) is 1. The molecule has 1 saturated heterocycles. The Bertz CT molecular complexity index is 425. The number of likely N-dealkylation sites (tertiary alicyclic amines) is 1. The number of alkyl halides is 3. The summed E-state index contributed by atoms with van der Waals surface area (Å²) in [5.74, 6) is 0. The fourth-order valence-electron chi connectivity index (χ4n) is 2.33. The Morgan fingerprint density at radius 1 is 1.42 bits per heavy atom. The van der Waals surface area contributed by atoms with Gasteiger partial charge in [0.15, 0.2) is 5.01 Å². The van der Waals surface area contributed by atoms with Crippen molar-refractivity contribution >= 4 is 11.3 Å². The van der Waals surface area contributed by atoms with Crippen LogP contribution in [-0.2, 0) is 11.8 Å². The van der Waals surface area contributed by atoms with Gasteiger partial charge >= 0.3 is 6.18 Å². The number of piperidine rings is 1. The Kier molecular flexibility index (Phi) is 4.17. The zero-order valence-electron chi connectivity index (χ0n) is 10.7. The van der Waals surface area contributed by atoms with Crippen LogP contribution in [0.5, 0.6) is 0 Å². The number of hydrogen-bond acceptors (Lipinski definition) is 4. The minimum Gasteiger partial charge on any atom is -0.384 e. The summed E-state index contributed by atoms with van der Waals surface area (Å²) >= 11 is 0.555. The largest absolute Gasteiger partial charge is 0.443 e. The van der Waals surface area contributed by atoms with E-state index in [-0.39, 0.29) is 0 Å². The number of nitrogens with zero attached hydrogens (tertiary/aromatic N) is 2. The molecule has 19 heavy (non-hydrogen) atoms. The summed E-state index contributed by atoms with van der Waals surface area (Å²) in [6.45, 7) is 4.47. The topological polar surface area (TPSA) is 36.4 Å². The van der Waals surface area contributed by atoms with Crippen LogP contribution in [-0.4, -0.2) is 34.6 Å². The first kappa shape index (κ1) is 14.7. The van der Waals surface area contributed by atoms with Crippen LogP contribution in [0.4, 0.5) is 13.2 Å². The Balaban J connectivity index is 2.07. The Labute approximate surface area is 114 Å². The van der Waals surface area contributed by atoms with E-state index in [2.05, 4.69) is 16.8 Å². The second kappa shape index (κ2) is 5.38. The Hall–Kier alpha value is -0.660. The van der Waals surface area contributed by atoms with Crippen molar-refractivity contribution in [3.8, 4) is 0 Å². The zero-order chi connectivity index (χ0) is 14.1. The maximum Gasteiger partial charge on any atom is 0.443 e. The predicted molar refractivity (Wildman–Crippen MR) is 67.0 cm³/mol. The SMILES string of the molecule is CCCN1CCC(O)(c2cnc(C(F)(F)F)s2)CC1. The predicted octanol–water partition coefficient (Wildman–Crippen LogP) is 2.86. The number of aliphatic hydroxyl groups is 1. The summed E-state index contributed by atoms with van der Waals surface area (Å²) in [6.07, 6.45) is -1.29. The minimum atomic E-state index is -4.43. The molecular weight excluding hydrogens is 277 g/mol. The van der Waals surface area contributed by atoms with Gasteiger partial charge in [0, 0.05) is 19.3 Å². The monoisotopic (exact) mass is 294 g/mol. The molecule has 2 heterocycles. The third kappa shape index (κ3) is 3.27. The van der Waals surface area contributed by atoms with Crippen molar-refractivity contribution in [1.82, 2.24) is 9.88 Å². The Morgan fingerprint density at radius 2 is 2.05 bits per heavy atom. The highest BCUT2D eigenvalue weighted by molar-refractivity contribution is 7.11. The number of rotatable bonds is 3. The molecular formula is C12H17F3N2OS. The average molecular weight is 294 g/mol. The van der Waals surface area contributed by atoms with Gasteiger partial charge in [-0.25, -0.2) is 4.98 Å². The summed E-state index contributed by atoms with van der Waals surface area (Å²) in [5.41, 5.74) is -1.15. The average Bonchev–Trinajstić information content (AvgIpc) is 2.82. The van der Waals surface area contributed by atoms with E-state index in [1.165, 1.54) is 6.20 Å². The lowest BCUT2D eigenvalue weighted by molar-refractivity contribution is -0.137. The van der Waals surface area contributed by atoms with Crippen LogP contribution in [0.2, 0.25) is 0 Å². The number of aromatic nitrogens is 1. The van der Waals surface area contributed by atoms with E-state index in [0.29, 0.717) is 42.1 Å². The summed E-state index contributed by atoms with van der Waals surface area (Å²) in [4.78, 5) is 5.94. The van der Waals surface area contributed by atoms with Gasteiger partial charge in [0.1, 0.15) is 5.60 Å². The lowest BCUT2D eigenvalue weighted by Gasteiger charge is -2.37. The third-order valence-electron chi connectivity index (χ3n) is 3.43. The maximum absolute atomic E-state index is 12.5. The standard InChI is InChI=1S/C12H17F3N2OS/c1-2-5-17-6-3-11(18,4-7-17)9-8-16-10(19-9)12(13,14)15/h8,18H,2-7H2,1H3. The van der Waals surface area contributed by atoms with Gasteiger partial charge in [-0.05, 0) is 25.8 Å². The van der Waals surface area contributed by atoms with E-state index in [9.17, 15) is 18.3 Å². The molecule has 1 aromatic rings. The van der Waals surface area contributed by atoms with Gasteiger partial charge < -0.3 is 10.0 Å². The molecule has 0 bridgehead atoms. The molecule has 0 unspecified atom stereocenters. The molecule has 0 saturated carbocycles. The number of thiazole rings is 1. The molecule has 1 aliphatic rings. The van der Waals surface area contributed by atoms with Crippen molar-refractivity contribution < 1.29 is 18.3 Å². The maximum atomic E-state index is 12.5. The highest BCUT2D eigenvalue weighted by Crippen LogP contribution is 2.40. The van der Waals surface area contributed by atoms with Gasteiger partial charge in [0.2, 0.25) is 0 Å². The van der Waals surface area contributed by atoms with Crippen LogP contribution in [0.25, 0.3) is 0 Å². The van der Waals surface area contributed by atoms with E-state index in [4.69, 9.17) is 0 Å². The van der Waals surface area contributed by atoms with E-state index < -0.39 is 16.8 Å². The first-order valence-electron chi connectivity index (χ1n) is 6.33. The van der Waals surface area contributed by atoms with E-state index in [1.807, 2.05) is 0 Å². The van der Waals surface area contributed by atoms with Crippen LogP contribution in [0.3, 0.4) is 0 Å². The quantitative estimate of drug-likeness (QED) is 0.931. The Morgan fingerprint density at radius 3 is 2.53 bits per heavy atom. The van der Waals surface area contributed by atoms with Gasteiger partial charge in [-0.2, -0.15) is 13.2 Å². The molecule has 0 amide bonds. The summed E-state index contributed by atoms with van der Waals surface area (Å²) in [6, 6.07) is 0. The first-order chi connectivity index (χ1) is 8.85. The smallest absolute Gasteiger partial charge is 0.384 e. The summed E-state index contributed by atoms with van der Waals surface area (Å²) in [5, 5.41) is 9.60.